The van der Waals surface area contributed by atoms with Crippen LogP contribution < -0.4 is 0 Å². The van der Waals surface area contributed by atoms with Gasteiger partial charge in [-0.25, -0.2) is 15.0 Å². The maximum atomic E-state index is 5.22. The van der Waals surface area contributed by atoms with Gasteiger partial charge in [0.05, 0.1) is 0 Å². The molecule has 4 bridgehead atoms. The fourth-order valence-corrected chi connectivity index (χ4v) is 12.5. The molecule has 3 heteroatoms. The third kappa shape index (κ3) is 3.93. The minimum Gasteiger partial charge on any atom is -0.208 e. The Hall–Kier alpha value is -5.41. The quantitative estimate of drug-likeness (QED) is 0.186. The number of aromatic nitrogens is 3. The van der Waals surface area contributed by atoms with Crippen molar-refractivity contribution in [1.29, 1.82) is 0 Å². The first-order valence-electron chi connectivity index (χ1n) is 19.7. The van der Waals surface area contributed by atoms with Crippen molar-refractivity contribution in [2.24, 2.45) is 23.7 Å². The summed E-state index contributed by atoms with van der Waals surface area (Å²) in [6.07, 6.45) is 6.87. The van der Waals surface area contributed by atoms with Gasteiger partial charge in [0.15, 0.2) is 17.5 Å². The molecule has 13 rings (SSSR count). The molecule has 0 unspecified atom stereocenters. The highest BCUT2D eigenvalue weighted by molar-refractivity contribution is 6.11. The maximum absolute atomic E-state index is 5.22. The summed E-state index contributed by atoms with van der Waals surface area (Å²) in [6.45, 7) is 4.89. The van der Waals surface area contributed by atoms with E-state index in [0.717, 1.165) is 34.4 Å². The summed E-state index contributed by atoms with van der Waals surface area (Å²) >= 11 is 0. The molecule has 4 fully saturated rings. The molecule has 3 nitrogen and oxygen atoms in total. The molecule has 53 heavy (non-hydrogen) atoms. The fourth-order valence-electron chi connectivity index (χ4n) is 12.5. The van der Waals surface area contributed by atoms with Gasteiger partial charge in [0.2, 0.25) is 0 Å². The Morgan fingerprint density at radius 3 is 1.58 bits per heavy atom. The van der Waals surface area contributed by atoms with Crippen LogP contribution in [0.1, 0.15) is 68.2 Å². The molecule has 7 aromatic rings. The van der Waals surface area contributed by atoms with Crippen LogP contribution in [0.15, 0.2) is 127 Å². The van der Waals surface area contributed by atoms with E-state index in [1.807, 2.05) is 12.1 Å². The van der Waals surface area contributed by atoms with Gasteiger partial charge in [-0.05, 0) is 117 Å². The summed E-state index contributed by atoms with van der Waals surface area (Å²) in [5, 5.41) is 2.92. The summed E-state index contributed by atoms with van der Waals surface area (Å²) in [7, 11) is 0. The van der Waals surface area contributed by atoms with E-state index in [-0.39, 0.29) is 10.8 Å². The first-order valence-corrected chi connectivity index (χ1v) is 19.7. The van der Waals surface area contributed by atoms with Crippen molar-refractivity contribution < 1.29 is 0 Å². The minimum absolute atomic E-state index is 0.0242. The first kappa shape index (κ1) is 30.1. The Morgan fingerprint density at radius 1 is 0.453 bits per heavy atom. The highest BCUT2D eigenvalue weighted by Crippen LogP contribution is 2.72. The zero-order valence-electron chi connectivity index (χ0n) is 30.3. The second-order valence-corrected chi connectivity index (χ2v) is 17.2. The van der Waals surface area contributed by atoms with Gasteiger partial charge in [-0.15, -0.1) is 0 Å². The molecule has 0 aliphatic heterocycles. The summed E-state index contributed by atoms with van der Waals surface area (Å²) < 4.78 is 0. The second-order valence-electron chi connectivity index (χ2n) is 17.2. The van der Waals surface area contributed by atoms with Crippen molar-refractivity contribution in [3.8, 4) is 56.4 Å². The lowest BCUT2D eigenvalue weighted by Gasteiger charge is -2.61. The van der Waals surface area contributed by atoms with Gasteiger partial charge in [-0.3, -0.25) is 0 Å². The van der Waals surface area contributed by atoms with E-state index in [2.05, 4.69) is 129 Å². The highest BCUT2D eigenvalue weighted by Gasteiger charge is 2.63. The lowest BCUT2D eigenvalue weighted by atomic mass is 9.43. The van der Waals surface area contributed by atoms with Crippen LogP contribution in [0.3, 0.4) is 0 Å². The zero-order valence-corrected chi connectivity index (χ0v) is 30.3. The van der Waals surface area contributed by atoms with Crippen molar-refractivity contribution in [2.75, 3.05) is 0 Å². The Bertz CT molecular complexity index is 2570. The van der Waals surface area contributed by atoms with Crippen LogP contribution in [0, 0.1) is 23.7 Å². The van der Waals surface area contributed by atoms with E-state index in [4.69, 9.17) is 15.0 Å². The third-order valence-corrected chi connectivity index (χ3v) is 14.2. The molecule has 6 aromatic carbocycles. The maximum Gasteiger partial charge on any atom is 0.164 e. The molecule has 0 amide bonds. The van der Waals surface area contributed by atoms with Crippen molar-refractivity contribution in [3.05, 3.63) is 150 Å². The van der Waals surface area contributed by atoms with Crippen LogP contribution in [-0.2, 0) is 10.8 Å². The van der Waals surface area contributed by atoms with E-state index < -0.39 is 0 Å². The van der Waals surface area contributed by atoms with Gasteiger partial charge < -0.3 is 0 Å². The molecule has 0 radical (unpaired) electrons. The zero-order chi connectivity index (χ0) is 35.1. The van der Waals surface area contributed by atoms with Gasteiger partial charge in [0.25, 0.3) is 0 Å². The predicted octanol–water partition coefficient (Wildman–Crippen LogP) is 12.1. The van der Waals surface area contributed by atoms with E-state index in [1.54, 1.807) is 11.1 Å². The highest BCUT2D eigenvalue weighted by atomic mass is 15.0. The lowest BCUT2D eigenvalue weighted by molar-refractivity contribution is -0.0393. The SMILES string of the molecule is CC1(C)c2ccccc2-c2c3c(c4ccccc4c21)C1(c2ccc(-c4nc(-c5ccccc5)nc(-c5ccccc5)n4)cc2-3)C2CC3CC(C2)CC1C3. The number of rotatable bonds is 3. The molecule has 0 saturated heterocycles. The van der Waals surface area contributed by atoms with Crippen molar-refractivity contribution in [3.63, 3.8) is 0 Å². The Morgan fingerprint density at radius 2 is 0.962 bits per heavy atom. The molecule has 6 aliphatic rings. The van der Waals surface area contributed by atoms with Crippen LogP contribution in [-0.4, -0.2) is 15.0 Å². The molecule has 256 valence electrons. The Balaban J connectivity index is 1.18. The van der Waals surface area contributed by atoms with Crippen molar-refractivity contribution >= 4 is 10.8 Å². The monoisotopic (exact) mass is 683 g/mol. The van der Waals surface area contributed by atoms with Gasteiger partial charge in [-0.1, -0.05) is 135 Å². The molecule has 0 atom stereocenters. The average Bonchev–Trinajstić information content (AvgIpc) is 3.63. The van der Waals surface area contributed by atoms with Gasteiger partial charge in [0.1, 0.15) is 0 Å². The second kappa shape index (κ2) is 10.6. The van der Waals surface area contributed by atoms with Gasteiger partial charge in [-0.2, -0.15) is 0 Å². The van der Waals surface area contributed by atoms with Crippen molar-refractivity contribution in [2.45, 2.75) is 56.8 Å². The number of hydrogen-bond acceptors (Lipinski definition) is 3. The Labute approximate surface area is 311 Å². The number of benzene rings is 6. The predicted molar refractivity (Wildman–Crippen MR) is 214 cm³/mol. The van der Waals surface area contributed by atoms with Gasteiger partial charge >= 0.3 is 0 Å². The summed E-state index contributed by atoms with van der Waals surface area (Å²) in [5.41, 5.74) is 14.8. The molecule has 6 aliphatic carbocycles. The summed E-state index contributed by atoms with van der Waals surface area (Å²) in [5.74, 6) is 5.24. The largest absolute Gasteiger partial charge is 0.208 e. The van der Waals surface area contributed by atoms with Crippen LogP contribution in [0.25, 0.3) is 67.2 Å². The molecule has 0 N–H and O–H groups in total. The third-order valence-electron chi connectivity index (χ3n) is 14.2. The summed E-state index contributed by atoms with van der Waals surface area (Å²) in [4.78, 5) is 15.5. The standard InChI is InChI=1S/C50H41N3/c1-49(2)40-20-12-11-19-38(40)42-43-39-28-33(48-52-46(31-13-5-3-6-14-31)51-47(53-48)32-15-7-4-8-16-32)21-22-41(39)50(34-24-29-23-30(26-34)27-35(50)25-29)45(43)37-18-10-9-17-36(37)44(42)49/h3-22,28-30,34-35H,23-27H2,1-2H3. The van der Waals surface area contributed by atoms with Crippen molar-refractivity contribution in [1.82, 2.24) is 15.0 Å². The van der Waals surface area contributed by atoms with E-state index in [1.165, 1.54) is 76.3 Å². The first-order chi connectivity index (χ1) is 26.0. The van der Waals surface area contributed by atoms with Crippen LogP contribution >= 0.6 is 0 Å². The van der Waals surface area contributed by atoms with E-state index in [9.17, 15) is 0 Å². The molecule has 4 saturated carbocycles. The molecule has 1 aromatic heterocycles. The molecule has 1 spiro atoms. The Kier molecular flexibility index (Phi) is 6.02. The van der Waals surface area contributed by atoms with Crippen LogP contribution in [0.2, 0.25) is 0 Å². The normalized spacial score (nSPS) is 25.0. The lowest BCUT2D eigenvalue weighted by Crippen LogP contribution is -2.55. The van der Waals surface area contributed by atoms with E-state index >= 15 is 0 Å². The van der Waals surface area contributed by atoms with Crippen LogP contribution in [0.5, 0.6) is 0 Å². The van der Waals surface area contributed by atoms with Gasteiger partial charge in [0, 0.05) is 27.5 Å². The van der Waals surface area contributed by atoms with E-state index in [0.29, 0.717) is 23.5 Å². The molecular weight excluding hydrogens is 643 g/mol. The number of fused-ring (bicyclic) bond motifs is 10. The summed E-state index contributed by atoms with van der Waals surface area (Å²) in [6, 6.07) is 46.8. The average molecular weight is 684 g/mol. The van der Waals surface area contributed by atoms with Crippen LogP contribution in [0.4, 0.5) is 0 Å². The molecule has 1 heterocycles. The smallest absolute Gasteiger partial charge is 0.164 e. The number of hydrogen-bond donors (Lipinski definition) is 0. The fraction of sp³-hybridized carbons (Fsp3) is 0.260. The topological polar surface area (TPSA) is 38.7 Å². The minimum atomic E-state index is -0.110. The molecular formula is C50H41N3. The number of nitrogens with zero attached hydrogens (tertiary/aromatic N) is 3.